The number of ether oxygens (including phenoxy) is 2. The largest absolute Gasteiger partial charge is 0.493 e. The molecule has 2 aromatic rings. The second-order valence-electron chi connectivity index (χ2n) is 5.59. The van der Waals surface area contributed by atoms with Crippen LogP contribution in [0.3, 0.4) is 0 Å². The monoisotopic (exact) mass is 360 g/mol. The number of piperazine rings is 1. The molecule has 0 radical (unpaired) electrons. The van der Waals surface area contributed by atoms with Gasteiger partial charge in [-0.3, -0.25) is 9.59 Å². The fourth-order valence-electron chi connectivity index (χ4n) is 2.68. The van der Waals surface area contributed by atoms with Crippen LogP contribution in [0.5, 0.6) is 11.5 Å². The minimum atomic E-state index is -0.0888. The molecule has 0 bridgehead atoms. The lowest BCUT2D eigenvalue weighted by atomic mass is 10.3. The maximum atomic E-state index is 12.3. The molecule has 6 nitrogen and oxygen atoms in total. The van der Waals surface area contributed by atoms with Crippen LogP contribution >= 0.6 is 11.3 Å². The van der Waals surface area contributed by atoms with Crippen LogP contribution in [0, 0.1) is 0 Å². The molecule has 1 aliphatic heterocycles. The zero-order valence-corrected chi connectivity index (χ0v) is 14.8. The zero-order valence-electron chi connectivity index (χ0n) is 14.0. The Balaban J connectivity index is 1.49. The summed E-state index contributed by atoms with van der Waals surface area (Å²) < 4.78 is 10.8. The van der Waals surface area contributed by atoms with Crippen molar-refractivity contribution in [3.05, 3.63) is 46.7 Å². The molecule has 0 aliphatic carbocycles. The average Bonchev–Trinajstić information content (AvgIpc) is 3.20. The van der Waals surface area contributed by atoms with Crippen LogP contribution in [0.15, 0.2) is 41.8 Å². The molecular formula is C18H20N2O4S. The summed E-state index contributed by atoms with van der Waals surface area (Å²) in [6, 6.07) is 10.9. The molecule has 0 spiro atoms. The Morgan fingerprint density at radius 3 is 2.32 bits per heavy atom. The lowest BCUT2D eigenvalue weighted by Gasteiger charge is -2.34. The van der Waals surface area contributed by atoms with Gasteiger partial charge in [0, 0.05) is 26.2 Å². The number of hydrogen-bond acceptors (Lipinski definition) is 5. The van der Waals surface area contributed by atoms with Gasteiger partial charge < -0.3 is 19.3 Å². The Morgan fingerprint density at radius 1 is 1.00 bits per heavy atom. The summed E-state index contributed by atoms with van der Waals surface area (Å²) in [5.74, 6) is 1.09. The second kappa shape index (κ2) is 8.02. The van der Waals surface area contributed by atoms with E-state index in [1.54, 1.807) is 29.0 Å². The number of nitrogens with zero attached hydrogens (tertiary/aromatic N) is 2. The fourth-order valence-corrected chi connectivity index (χ4v) is 3.37. The molecular weight excluding hydrogens is 340 g/mol. The van der Waals surface area contributed by atoms with E-state index in [-0.39, 0.29) is 18.4 Å². The average molecular weight is 360 g/mol. The first-order valence-corrected chi connectivity index (χ1v) is 8.93. The number of rotatable bonds is 5. The Kier molecular flexibility index (Phi) is 5.55. The number of hydrogen-bond donors (Lipinski definition) is 0. The first-order valence-electron chi connectivity index (χ1n) is 8.05. The molecule has 132 valence electrons. The number of thiophene rings is 1. The summed E-state index contributed by atoms with van der Waals surface area (Å²) >= 11 is 1.44. The van der Waals surface area contributed by atoms with Crippen LogP contribution in [-0.2, 0) is 4.79 Å². The maximum absolute atomic E-state index is 12.3. The van der Waals surface area contributed by atoms with Gasteiger partial charge in [0.1, 0.15) is 0 Å². The summed E-state index contributed by atoms with van der Waals surface area (Å²) in [4.78, 5) is 28.9. The maximum Gasteiger partial charge on any atom is 0.264 e. The van der Waals surface area contributed by atoms with Crippen molar-refractivity contribution < 1.29 is 19.1 Å². The minimum Gasteiger partial charge on any atom is -0.493 e. The smallest absolute Gasteiger partial charge is 0.264 e. The SMILES string of the molecule is COc1ccccc1OCC(=O)N1CCN(C(=O)c2cccs2)CC1. The van der Waals surface area contributed by atoms with Crippen LogP contribution in [0.2, 0.25) is 0 Å². The van der Waals surface area contributed by atoms with Crippen molar-refractivity contribution in [2.75, 3.05) is 39.9 Å². The Labute approximate surface area is 150 Å². The molecule has 3 rings (SSSR count). The van der Waals surface area contributed by atoms with Gasteiger partial charge in [-0.25, -0.2) is 0 Å². The van der Waals surface area contributed by atoms with Gasteiger partial charge in [-0.05, 0) is 23.6 Å². The van der Waals surface area contributed by atoms with Crippen LogP contribution < -0.4 is 9.47 Å². The van der Waals surface area contributed by atoms with Crippen molar-refractivity contribution in [2.45, 2.75) is 0 Å². The molecule has 1 aromatic carbocycles. The van der Waals surface area contributed by atoms with Crippen molar-refractivity contribution in [1.29, 1.82) is 0 Å². The van der Waals surface area contributed by atoms with E-state index >= 15 is 0 Å². The van der Waals surface area contributed by atoms with E-state index in [0.717, 1.165) is 4.88 Å². The number of carbonyl (C=O) groups is 2. The third-order valence-corrected chi connectivity index (χ3v) is 4.93. The molecule has 7 heteroatoms. The highest BCUT2D eigenvalue weighted by atomic mass is 32.1. The standard InChI is InChI=1S/C18H20N2O4S/c1-23-14-5-2-3-6-15(14)24-13-17(21)19-8-10-20(11-9-19)18(22)16-7-4-12-25-16/h2-7,12H,8-11,13H2,1H3. The van der Waals surface area contributed by atoms with E-state index in [4.69, 9.17) is 9.47 Å². The summed E-state index contributed by atoms with van der Waals surface area (Å²) in [5.41, 5.74) is 0. The predicted octanol–water partition coefficient (Wildman–Crippen LogP) is 2.12. The topological polar surface area (TPSA) is 59.1 Å². The van der Waals surface area contributed by atoms with Gasteiger partial charge >= 0.3 is 0 Å². The highest BCUT2D eigenvalue weighted by Crippen LogP contribution is 2.25. The quantitative estimate of drug-likeness (QED) is 0.820. The summed E-state index contributed by atoms with van der Waals surface area (Å²) in [5, 5.41) is 1.89. The van der Waals surface area contributed by atoms with Gasteiger partial charge in [0.15, 0.2) is 18.1 Å². The number of para-hydroxylation sites is 2. The van der Waals surface area contributed by atoms with Crippen LogP contribution in [0.25, 0.3) is 0 Å². The lowest BCUT2D eigenvalue weighted by molar-refractivity contribution is -0.134. The fraction of sp³-hybridized carbons (Fsp3) is 0.333. The molecule has 0 saturated carbocycles. The van der Waals surface area contributed by atoms with Crippen molar-refractivity contribution in [2.24, 2.45) is 0 Å². The molecule has 1 aliphatic rings. The predicted molar refractivity (Wildman–Crippen MR) is 95.3 cm³/mol. The molecule has 0 N–H and O–H groups in total. The van der Waals surface area contributed by atoms with Gasteiger partial charge in [-0.2, -0.15) is 0 Å². The summed E-state index contributed by atoms with van der Waals surface area (Å²) in [6.07, 6.45) is 0. The lowest BCUT2D eigenvalue weighted by Crippen LogP contribution is -2.51. The van der Waals surface area contributed by atoms with Crippen LogP contribution in [0.4, 0.5) is 0 Å². The van der Waals surface area contributed by atoms with Gasteiger partial charge in [-0.15, -0.1) is 11.3 Å². The third-order valence-electron chi connectivity index (χ3n) is 4.07. The first-order chi connectivity index (χ1) is 12.2. The molecule has 2 amide bonds. The third kappa shape index (κ3) is 4.11. The van der Waals surface area contributed by atoms with Gasteiger partial charge in [0.05, 0.1) is 12.0 Å². The van der Waals surface area contributed by atoms with Crippen molar-refractivity contribution in [1.82, 2.24) is 9.80 Å². The van der Waals surface area contributed by atoms with E-state index < -0.39 is 0 Å². The Bertz CT molecular complexity index is 724. The van der Waals surface area contributed by atoms with Crippen molar-refractivity contribution in [3.8, 4) is 11.5 Å². The summed E-state index contributed by atoms with van der Waals surface area (Å²) in [7, 11) is 1.56. The molecule has 2 heterocycles. The second-order valence-corrected chi connectivity index (χ2v) is 6.54. The highest BCUT2D eigenvalue weighted by Gasteiger charge is 2.25. The molecule has 1 aromatic heterocycles. The highest BCUT2D eigenvalue weighted by molar-refractivity contribution is 7.12. The van der Waals surface area contributed by atoms with Gasteiger partial charge in [0.2, 0.25) is 0 Å². The number of carbonyl (C=O) groups excluding carboxylic acids is 2. The minimum absolute atomic E-state index is 0.0346. The molecule has 0 unspecified atom stereocenters. The number of methoxy groups -OCH3 is 1. The van der Waals surface area contributed by atoms with Crippen molar-refractivity contribution in [3.63, 3.8) is 0 Å². The Morgan fingerprint density at radius 2 is 1.68 bits per heavy atom. The van der Waals surface area contributed by atoms with Crippen molar-refractivity contribution >= 4 is 23.2 Å². The van der Waals surface area contributed by atoms with E-state index in [9.17, 15) is 9.59 Å². The van der Waals surface area contributed by atoms with Crippen LogP contribution in [-0.4, -0.2) is 61.5 Å². The number of benzene rings is 1. The number of amides is 2. The van der Waals surface area contributed by atoms with E-state index in [1.165, 1.54) is 11.3 Å². The summed E-state index contributed by atoms with van der Waals surface area (Å²) in [6.45, 7) is 2.07. The first kappa shape index (κ1) is 17.3. The Hall–Kier alpha value is -2.54. The van der Waals surface area contributed by atoms with Crippen LogP contribution in [0.1, 0.15) is 9.67 Å². The van der Waals surface area contributed by atoms with E-state index in [0.29, 0.717) is 37.7 Å². The van der Waals surface area contributed by atoms with E-state index in [2.05, 4.69) is 0 Å². The zero-order chi connectivity index (χ0) is 17.6. The molecule has 1 saturated heterocycles. The molecule has 0 atom stereocenters. The van der Waals surface area contributed by atoms with Gasteiger partial charge in [0.25, 0.3) is 11.8 Å². The van der Waals surface area contributed by atoms with E-state index in [1.807, 2.05) is 29.6 Å². The molecule has 1 fully saturated rings. The normalized spacial score (nSPS) is 14.3. The van der Waals surface area contributed by atoms with Gasteiger partial charge in [-0.1, -0.05) is 18.2 Å². The molecule has 25 heavy (non-hydrogen) atoms.